The second-order valence-electron chi connectivity index (χ2n) is 4.50. The lowest BCUT2D eigenvalue weighted by Crippen LogP contribution is -2.28. The van der Waals surface area contributed by atoms with E-state index in [4.69, 9.17) is 5.11 Å². The van der Waals surface area contributed by atoms with Crippen LogP contribution in [0.2, 0.25) is 0 Å². The molecular weight excluding hydrogens is 240 g/mol. The Hall–Kier alpha value is -1.65. The molecule has 0 spiro atoms. The summed E-state index contributed by atoms with van der Waals surface area (Å²) in [4.78, 5) is 12.4. The van der Waals surface area contributed by atoms with E-state index >= 15 is 0 Å². The Morgan fingerprint density at radius 3 is 2.39 bits per heavy atom. The van der Waals surface area contributed by atoms with Gasteiger partial charge in [-0.2, -0.15) is 0 Å². The smallest absolute Gasteiger partial charge is 0.338 e. The Balaban J connectivity index is 3.18. The average molecular weight is 257 g/mol. The minimum absolute atomic E-state index is 0.105. The molecule has 1 N–H and O–H groups in total. The molecule has 100 valence electrons. The quantitative estimate of drug-likeness (QED) is 0.881. The fraction of sp³-hybridized carbons (Fsp3) is 0.462. The zero-order valence-electron chi connectivity index (χ0n) is 10.7. The van der Waals surface area contributed by atoms with Gasteiger partial charge >= 0.3 is 5.97 Å². The molecule has 5 heteroatoms. The van der Waals surface area contributed by atoms with Crippen LogP contribution in [0.4, 0.5) is 14.5 Å². The van der Waals surface area contributed by atoms with E-state index in [2.05, 4.69) is 0 Å². The number of benzene rings is 1. The number of carbonyl (C=O) groups is 1. The third kappa shape index (κ3) is 2.97. The van der Waals surface area contributed by atoms with Crippen LogP contribution in [-0.2, 0) is 0 Å². The summed E-state index contributed by atoms with van der Waals surface area (Å²) in [5.74, 6) is -3.57. The van der Waals surface area contributed by atoms with Crippen LogP contribution < -0.4 is 4.90 Å². The fourth-order valence-corrected chi connectivity index (χ4v) is 1.79. The summed E-state index contributed by atoms with van der Waals surface area (Å²) >= 11 is 0. The highest BCUT2D eigenvalue weighted by atomic mass is 19.2. The third-order valence-corrected chi connectivity index (χ3v) is 2.60. The van der Waals surface area contributed by atoms with Gasteiger partial charge in [-0.1, -0.05) is 13.8 Å². The largest absolute Gasteiger partial charge is 0.478 e. The molecule has 0 saturated heterocycles. The molecule has 0 heterocycles. The number of rotatable bonds is 5. The van der Waals surface area contributed by atoms with E-state index in [1.54, 1.807) is 4.90 Å². The molecule has 0 aliphatic carbocycles. The molecule has 0 bridgehead atoms. The Labute approximate surface area is 105 Å². The molecule has 0 amide bonds. The van der Waals surface area contributed by atoms with Crippen LogP contribution in [0.1, 0.15) is 31.1 Å². The molecule has 1 rings (SSSR count). The molecule has 0 aliphatic rings. The number of nitrogens with zero attached hydrogens (tertiary/aromatic N) is 1. The first kappa shape index (κ1) is 14.4. The summed E-state index contributed by atoms with van der Waals surface area (Å²) in [5, 5.41) is 8.70. The van der Waals surface area contributed by atoms with Gasteiger partial charge in [0.05, 0.1) is 11.3 Å². The molecular formula is C13H17F2NO2. The standard InChI is InChI=1S/C13H17F2NO2/c1-4-16(7-8(2)3)10-6-5-9(13(17)18)11(14)12(10)15/h5-6,8H,4,7H2,1-3H3,(H,17,18). The lowest BCUT2D eigenvalue weighted by molar-refractivity contribution is 0.0690. The van der Waals surface area contributed by atoms with Crippen molar-refractivity contribution in [3.63, 3.8) is 0 Å². The number of hydrogen-bond donors (Lipinski definition) is 1. The monoisotopic (exact) mass is 257 g/mol. The minimum Gasteiger partial charge on any atom is -0.478 e. The van der Waals surface area contributed by atoms with Gasteiger partial charge < -0.3 is 10.0 Å². The van der Waals surface area contributed by atoms with E-state index < -0.39 is 23.2 Å². The van der Waals surface area contributed by atoms with Crippen molar-refractivity contribution >= 4 is 11.7 Å². The van der Waals surface area contributed by atoms with Gasteiger partial charge in [-0.05, 0) is 25.0 Å². The summed E-state index contributed by atoms with van der Waals surface area (Å²) in [5.41, 5.74) is -0.537. The van der Waals surface area contributed by atoms with Gasteiger partial charge in [-0.15, -0.1) is 0 Å². The molecule has 1 aromatic rings. The van der Waals surface area contributed by atoms with Gasteiger partial charge in [-0.3, -0.25) is 0 Å². The summed E-state index contributed by atoms with van der Waals surface area (Å²) in [6, 6.07) is 2.41. The Morgan fingerprint density at radius 2 is 1.94 bits per heavy atom. The predicted octanol–water partition coefficient (Wildman–Crippen LogP) is 3.15. The van der Waals surface area contributed by atoms with Crippen molar-refractivity contribution in [3.05, 3.63) is 29.3 Å². The van der Waals surface area contributed by atoms with E-state index in [0.29, 0.717) is 19.0 Å². The molecule has 0 radical (unpaired) electrons. The normalized spacial score (nSPS) is 10.8. The molecule has 0 atom stereocenters. The van der Waals surface area contributed by atoms with Crippen LogP contribution in [0.15, 0.2) is 12.1 Å². The molecule has 3 nitrogen and oxygen atoms in total. The first-order valence-electron chi connectivity index (χ1n) is 5.84. The zero-order chi connectivity index (χ0) is 13.9. The van der Waals surface area contributed by atoms with Crippen LogP contribution in [0.3, 0.4) is 0 Å². The Kier molecular flexibility index (Phi) is 4.64. The van der Waals surface area contributed by atoms with Gasteiger partial charge in [0.15, 0.2) is 11.6 Å². The highest BCUT2D eigenvalue weighted by Gasteiger charge is 2.20. The number of carboxylic acid groups (broad SMARTS) is 1. The zero-order valence-corrected chi connectivity index (χ0v) is 10.7. The maximum Gasteiger partial charge on any atom is 0.338 e. The van der Waals surface area contributed by atoms with Crippen molar-refractivity contribution in [2.45, 2.75) is 20.8 Å². The van der Waals surface area contributed by atoms with Gasteiger partial charge in [0.1, 0.15) is 0 Å². The number of carboxylic acids is 1. The lowest BCUT2D eigenvalue weighted by Gasteiger charge is -2.25. The molecule has 0 saturated carbocycles. The van der Waals surface area contributed by atoms with E-state index in [0.717, 1.165) is 6.07 Å². The molecule has 18 heavy (non-hydrogen) atoms. The highest BCUT2D eigenvalue weighted by Crippen LogP contribution is 2.25. The fourth-order valence-electron chi connectivity index (χ4n) is 1.79. The Bertz CT molecular complexity index is 447. The van der Waals surface area contributed by atoms with Crippen molar-refractivity contribution in [2.75, 3.05) is 18.0 Å². The van der Waals surface area contributed by atoms with Crippen molar-refractivity contribution in [1.82, 2.24) is 0 Å². The second-order valence-corrected chi connectivity index (χ2v) is 4.50. The van der Waals surface area contributed by atoms with Gasteiger partial charge in [0.25, 0.3) is 0 Å². The number of hydrogen-bond acceptors (Lipinski definition) is 2. The van der Waals surface area contributed by atoms with E-state index in [1.807, 2.05) is 20.8 Å². The summed E-state index contributed by atoms with van der Waals surface area (Å²) in [6.45, 7) is 6.90. The van der Waals surface area contributed by atoms with Crippen LogP contribution >= 0.6 is 0 Å². The van der Waals surface area contributed by atoms with Crippen LogP contribution in [-0.4, -0.2) is 24.2 Å². The van der Waals surface area contributed by atoms with Crippen LogP contribution in [0.25, 0.3) is 0 Å². The Morgan fingerprint density at radius 1 is 1.33 bits per heavy atom. The molecule has 1 aromatic carbocycles. The SMILES string of the molecule is CCN(CC(C)C)c1ccc(C(=O)O)c(F)c1F. The molecule has 0 fully saturated rings. The lowest BCUT2D eigenvalue weighted by atomic mass is 10.1. The third-order valence-electron chi connectivity index (χ3n) is 2.60. The maximum atomic E-state index is 13.8. The summed E-state index contributed by atoms with van der Waals surface area (Å²) < 4.78 is 27.4. The van der Waals surface area contributed by atoms with E-state index in [-0.39, 0.29) is 5.69 Å². The minimum atomic E-state index is -1.47. The predicted molar refractivity (Wildman–Crippen MR) is 66.0 cm³/mol. The molecule has 0 aromatic heterocycles. The highest BCUT2D eigenvalue weighted by molar-refractivity contribution is 5.88. The second kappa shape index (κ2) is 5.80. The van der Waals surface area contributed by atoms with Crippen molar-refractivity contribution in [1.29, 1.82) is 0 Å². The average Bonchev–Trinajstić information content (AvgIpc) is 2.29. The first-order chi connectivity index (χ1) is 8.38. The maximum absolute atomic E-state index is 13.8. The van der Waals surface area contributed by atoms with Gasteiger partial charge in [0, 0.05) is 13.1 Å². The van der Waals surface area contributed by atoms with Crippen LogP contribution in [0.5, 0.6) is 0 Å². The van der Waals surface area contributed by atoms with Crippen molar-refractivity contribution < 1.29 is 18.7 Å². The van der Waals surface area contributed by atoms with Gasteiger partial charge in [0.2, 0.25) is 0 Å². The molecule has 0 unspecified atom stereocenters. The topological polar surface area (TPSA) is 40.5 Å². The van der Waals surface area contributed by atoms with Gasteiger partial charge in [-0.25, -0.2) is 13.6 Å². The first-order valence-corrected chi connectivity index (χ1v) is 5.84. The van der Waals surface area contributed by atoms with E-state index in [9.17, 15) is 13.6 Å². The number of aromatic carboxylic acids is 1. The van der Waals surface area contributed by atoms with Crippen LogP contribution in [0, 0.1) is 17.6 Å². The molecule has 0 aliphatic heterocycles. The van der Waals surface area contributed by atoms with Crippen molar-refractivity contribution in [2.24, 2.45) is 5.92 Å². The summed E-state index contributed by atoms with van der Waals surface area (Å²) in [7, 11) is 0. The van der Waals surface area contributed by atoms with Crippen molar-refractivity contribution in [3.8, 4) is 0 Å². The summed E-state index contributed by atoms with van der Waals surface area (Å²) in [6.07, 6.45) is 0. The number of anilines is 1. The van der Waals surface area contributed by atoms with E-state index in [1.165, 1.54) is 6.07 Å². The number of halogens is 2.